The summed E-state index contributed by atoms with van der Waals surface area (Å²) in [4.78, 5) is 42.3. The Morgan fingerprint density at radius 3 is 1.88 bits per heavy atom. The molecule has 0 saturated heterocycles. The maximum atomic E-state index is 13.8. The van der Waals surface area contributed by atoms with Crippen LogP contribution in [0, 0.1) is 3.57 Å². The van der Waals surface area contributed by atoms with Crippen LogP contribution in [0.5, 0.6) is 17.2 Å². The van der Waals surface area contributed by atoms with E-state index in [0.29, 0.717) is 34.1 Å². The van der Waals surface area contributed by atoms with Crippen LogP contribution in [0.2, 0.25) is 0 Å². The highest BCUT2D eigenvalue weighted by Crippen LogP contribution is 2.39. The number of amides is 3. The van der Waals surface area contributed by atoms with Gasteiger partial charge in [0.15, 0.2) is 11.5 Å². The fraction of sp³-hybridized carbons (Fsp3) is 0.160. The van der Waals surface area contributed by atoms with E-state index < -0.39 is 17.7 Å². The molecule has 0 saturated carbocycles. The normalized spacial score (nSPS) is 12.4. The molecule has 3 aromatic rings. The molecule has 0 bridgehead atoms. The van der Waals surface area contributed by atoms with Crippen LogP contribution in [0.15, 0.2) is 60.7 Å². The lowest BCUT2D eigenvalue weighted by atomic mass is 10.1. The standard InChI is InChI=1S/C25H21IN2O6/c1-32-20-12-15(13-21(33-2)22(20)34-3)23(29)27(19-11-7-6-10-18(19)26)14-28-24(30)16-8-4-5-9-17(16)25(28)31/h4-13H,14H2,1-3H3. The molecule has 1 aliphatic rings. The largest absolute Gasteiger partial charge is 0.493 e. The topological polar surface area (TPSA) is 85.4 Å². The van der Waals surface area contributed by atoms with E-state index >= 15 is 0 Å². The van der Waals surface area contributed by atoms with Gasteiger partial charge in [0, 0.05) is 9.13 Å². The van der Waals surface area contributed by atoms with Gasteiger partial charge >= 0.3 is 0 Å². The summed E-state index contributed by atoms with van der Waals surface area (Å²) >= 11 is 2.11. The molecule has 0 N–H and O–H groups in total. The molecule has 3 amide bonds. The third kappa shape index (κ3) is 4.07. The van der Waals surface area contributed by atoms with Crippen molar-refractivity contribution in [2.24, 2.45) is 0 Å². The number of hydrogen-bond donors (Lipinski definition) is 0. The Kier molecular flexibility index (Phi) is 6.73. The minimum atomic E-state index is -0.450. The summed E-state index contributed by atoms with van der Waals surface area (Å²) in [5.41, 5.74) is 1.43. The monoisotopic (exact) mass is 572 g/mol. The predicted molar refractivity (Wildman–Crippen MR) is 134 cm³/mol. The van der Waals surface area contributed by atoms with Gasteiger partial charge in [-0.05, 0) is 59.0 Å². The number of methoxy groups -OCH3 is 3. The zero-order valence-electron chi connectivity index (χ0n) is 18.7. The zero-order chi connectivity index (χ0) is 24.4. The lowest BCUT2D eigenvalue weighted by molar-refractivity contribution is 0.0650. The molecule has 0 aliphatic carbocycles. The fourth-order valence-corrected chi connectivity index (χ4v) is 4.47. The number of fused-ring (bicyclic) bond motifs is 1. The number of nitrogens with zero attached hydrogens (tertiary/aromatic N) is 2. The first kappa shape index (κ1) is 23.6. The van der Waals surface area contributed by atoms with Crippen LogP contribution in [0.1, 0.15) is 31.1 Å². The van der Waals surface area contributed by atoms with Crippen LogP contribution < -0.4 is 19.1 Å². The summed E-state index contributed by atoms with van der Waals surface area (Å²) in [7, 11) is 4.40. The van der Waals surface area contributed by atoms with Gasteiger partial charge in [-0.2, -0.15) is 0 Å². The quantitative estimate of drug-likeness (QED) is 0.312. The molecule has 34 heavy (non-hydrogen) atoms. The molecule has 174 valence electrons. The van der Waals surface area contributed by atoms with Gasteiger partial charge in [0.05, 0.1) is 38.1 Å². The first-order valence-electron chi connectivity index (χ1n) is 10.2. The lowest BCUT2D eigenvalue weighted by Gasteiger charge is -2.28. The predicted octanol–water partition coefficient (Wildman–Crippen LogP) is 4.22. The second-order valence-electron chi connectivity index (χ2n) is 7.32. The van der Waals surface area contributed by atoms with E-state index in [0.717, 1.165) is 8.47 Å². The highest BCUT2D eigenvalue weighted by Gasteiger charge is 2.38. The van der Waals surface area contributed by atoms with Crippen molar-refractivity contribution in [1.82, 2.24) is 4.90 Å². The van der Waals surface area contributed by atoms with Gasteiger partial charge in [-0.15, -0.1) is 0 Å². The maximum absolute atomic E-state index is 13.8. The van der Waals surface area contributed by atoms with Crippen molar-refractivity contribution < 1.29 is 28.6 Å². The van der Waals surface area contributed by atoms with Crippen molar-refractivity contribution in [3.63, 3.8) is 0 Å². The average molecular weight is 572 g/mol. The van der Waals surface area contributed by atoms with Crippen LogP contribution in [-0.2, 0) is 0 Å². The summed E-state index contributed by atoms with van der Waals surface area (Å²) in [5.74, 6) is -0.367. The van der Waals surface area contributed by atoms with Gasteiger partial charge in [0.1, 0.15) is 6.67 Å². The molecule has 0 radical (unpaired) electrons. The molecule has 4 rings (SSSR count). The Morgan fingerprint density at radius 2 is 1.38 bits per heavy atom. The molecule has 0 aromatic heterocycles. The van der Waals surface area contributed by atoms with E-state index in [9.17, 15) is 14.4 Å². The van der Waals surface area contributed by atoms with Gasteiger partial charge < -0.3 is 14.2 Å². The van der Waals surface area contributed by atoms with Crippen molar-refractivity contribution in [2.75, 3.05) is 32.9 Å². The maximum Gasteiger partial charge on any atom is 0.263 e. The number of carbonyl (C=O) groups excluding carboxylic acids is 3. The highest BCUT2D eigenvalue weighted by atomic mass is 127. The van der Waals surface area contributed by atoms with E-state index in [-0.39, 0.29) is 12.2 Å². The Bertz CT molecular complexity index is 1230. The first-order valence-corrected chi connectivity index (χ1v) is 11.3. The van der Waals surface area contributed by atoms with Crippen LogP contribution in [0.3, 0.4) is 0 Å². The Hall–Kier alpha value is -3.60. The van der Waals surface area contributed by atoms with Crippen LogP contribution in [-0.4, -0.2) is 50.6 Å². The number of imide groups is 1. The number of rotatable bonds is 7. The Labute approximate surface area is 210 Å². The van der Waals surface area contributed by atoms with Gasteiger partial charge in [-0.1, -0.05) is 24.3 Å². The second kappa shape index (κ2) is 9.72. The van der Waals surface area contributed by atoms with Crippen molar-refractivity contribution in [2.45, 2.75) is 0 Å². The van der Waals surface area contributed by atoms with Crippen molar-refractivity contribution >= 4 is 46.0 Å². The third-order valence-electron chi connectivity index (χ3n) is 5.46. The van der Waals surface area contributed by atoms with Crippen LogP contribution in [0.4, 0.5) is 5.69 Å². The summed E-state index contributed by atoms with van der Waals surface area (Å²) in [5, 5.41) is 0. The summed E-state index contributed by atoms with van der Waals surface area (Å²) in [6.45, 7) is -0.262. The number of ether oxygens (including phenoxy) is 3. The van der Waals surface area contributed by atoms with Crippen molar-refractivity contribution in [3.05, 3.63) is 80.9 Å². The van der Waals surface area contributed by atoms with Crippen molar-refractivity contribution in [1.29, 1.82) is 0 Å². The minimum absolute atomic E-state index is 0.241. The molecule has 3 aromatic carbocycles. The van der Waals surface area contributed by atoms with E-state index in [1.165, 1.54) is 38.4 Å². The SMILES string of the molecule is COc1cc(C(=O)N(CN2C(=O)c3ccccc3C2=O)c2ccccc2I)cc(OC)c1OC. The number of anilines is 1. The zero-order valence-corrected chi connectivity index (χ0v) is 20.9. The molecule has 0 atom stereocenters. The van der Waals surface area contributed by atoms with Crippen LogP contribution in [0.25, 0.3) is 0 Å². The molecule has 0 unspecified atom stereocenters. The summed E-state index contributed by atoms with van der Waals surface area (Å²) < 4.78 is 16.9. The number of para-hydroxylation sites is 1. The lowest BCUT2D eigenvalue weighted by Crippen LogP contribution is -2.44. The van der Waals surface area contributed by atoms with Gasteiger partial charge in [-0.3, -0.25) is 24.2 Å². The summed E-state index contributed by atoms with van der Waals surface area (Å²) in [6.07, 6.45) is 0. The van der Waals surface area contributed by atoms with E-state index in [1.54, 1.807) is 36.4 Å². The van der Waals surface area contributed by atoms with Gasteiger partial charge in [-0.25, -0.2) is 0 Å². The molecule has 0 fully saturated rings. The van der Waals surface area contributed by atoms with E-state index in [4.69, 9.17) is 14.2 Å². The third-order valence-corrected chi connectivity index (χ3v) is 6.37. The van der Waals surface area contributed by atoms with Gasteiger partial charge in [0.25, 0.3) is 17.7 Å². The molecular weight excluding hydrogens is 551 g/mol. The van der Waals surface area contributed by atoms with Crippen molar-refractivity contribution in [3.8, 4) is 17.2 Å². The molecule has 1 heterocycles. The number of halogens is 1. The minimum Gasteiger partial charge on any atom is -0.493 e. The number of benzene rings is 3. The Morgan fingerprint density at radius 1 is 0.853 bits per heavy atom. The number of carbonyl (C=O) groups is 3. The molecular formula is C25H21IN2O6. The molecule has 8 nitrogen and oxygen atoms in total. The molecule has 9 heteroatoms. The van der Waals surface area contributed by atoms with Crippen LogP contribution >= 0.6 is 22.6 Å². The average Bonchev–Trinajstić information content (AvgIpc) is 3.11. The van der Waals surface area contributed by atoms with E-state index in [2.05, 4.69) is 22.6 Å². The smallest absolute Gasteiger partial charge is 0.263 e. The Balaban J connectivity index is 1.78. The van der Waals surface area contributed by atoms with E-state index in [1.807, 2.05) is 12.1 Å². The fourth-order valence-electron chi connectivity index (χ4n) is 3.79. The van der Waals surface area contributed by atoms with Gasteiger partial charge in [0.2, 0.25) is 5.75 Å². The highest BCUT2D eigenvalue weighted by molar-refractivity contribution is 14.1. The summed E-state index contributed by atoms with van der Waals surface area (Å²) in [6, 6.07) is 16.9. The second-order valence-corrected chi connectivity index (χ2v) is 8.49. The molecule has 0 spiro atoms. The number of hydrogen-bond acceptors (Lipinski definition) is 6. The first-order chi connectivity index (χ1) is 16.4. The molecule has 1 aliphatic heterocycles.